The van der Waals surface area contributed by atoms with Gasteiger partial charge in [-0.15, -0.1) is 0 Å². The summed E-state index contributed by atoms with van der Waals surface area (Å²) >= 11 is 6.13. The van der Waals surface area contributed by atoms with E-state index in [0.717, 1.165) is 18.5 Å². The molecule has 0 saturated carbocycles. The fourth-order valence-corrected chi connectivity index (χ4v) is 3.21. The first-order valence-corrected chi connectivity index (χ1v) is 9.84. The molecule has 1 atom stereocenters. The van der Waals surface area contributed by atoms with E-state index in [2.05, 4.69) is 15.6 Å². The fraction of sp³-hybridized carbons (Fsp3) is 0.227. The highest BCUT2D eigenvalue weighted by Gasteiger charge is 2.20. The summed E-state index contributed by atoms with van der Waals surface area (Å²) in [6.45, 7) is 1.34. The van der Waals surface area contributed by atoms with Crippen molar-refractivity contribution in [3.8, 4) is 0 Å². The van der Waals surface area contributed by atoms with Crippen molar-refractivity contribution in [1.29, 1.82) is 0 Å². The lowest BCUT2D eigenvalue weighted by atomic mass is 10.0. The Morgan fingerprint density at radius 1 is 1.07 bits per heavy atom. The van der Waals surface area contributed by atoms with Gasteiger partial charge in [-0.3, -0.25) is 9.59 Å². The normalized spacial score (nSPS) is 11.6. The van der Waals surface area contributed by atoms with Gasteiger partial charge in [0.25, 0.3) is 5.91 Å². The second-order valence-corrected chi connectivity index (χ2v) is 7.03. The van der Waals surface area contributed by atoms with Crippen LogP contribution < -0.4 is 10.6 Å². The number of aryl methyl sites for hydroxylation is 1. The summed E-state index contributed by atoms with van der Waals surface area (Å²) in [4.78, 5) is 29.1. The van der Waals surface area contributed by atoms with Crippen molar-refractivity contribution in [3.05, 3.63) is 89.5 Å². The maximum Gasteiger partial charge on any atom is 0.253 e. The van der Waals surface area contributed by atoms with E-state index in [4.69, 9.17) is 11.6 Å². The SMILES string of the molecule is O=C(CC(NC(=O)c1ccccc1Cl)c1ccccc1)NCCCn1ccnc1. The number of nitrogens with zero attached hydrogens (tertiary/aromatic N) is 2. The van der Waals surface area contributed by atoms with Crippen LogP contribution in [0.15, 0.2) is 73.3 Å². The molecule has 0 spiro atoms. The molecular weight excluding hydrogens is 388 g/mol. The number of nitrogens with one attached hydrogen (secondary N) is 2. The van der Waals surface area contributed by atoms with Crippen molar-refractivity contribution in [1.82, 2.24) is 20.2 Å². The minimum Gasteiger partial charge on any atom is -0.356 e. The molecule has 3 rings (SSSR count). The molecule has 150 valence electrons. The standard InChI is InChI=1S/C22H23ClN4O2/c23-19-10-5-4-9-18(19)22(29)26-20(17-7-2-1-3-8-17)15-21(28)25-11-6-13-27-14-12-24-16-27/h1-5,7-10,12,14,16,20H,6,11,13,15H2,(H,25,28)(H,26,29). The number of hydrogen-bond acceptors (Lipinski definition) is 3. The fourth-order valence-electron chi connectivity index (χ4n) is 2.98. The van der Waals surface area contributed by atoms with Crippen LogP contribution in [0.5, 0.6) is 0 Å². The van der Waals surface area contributed by atoms with Gasteiger partial charge < -0.3 is 15.2 Å². The first-order valence-electron chi connectivity index (χ1n) is 9.46. The highest BCUT2D eigenvalue weighted by molar-refractivity contribution is 6.33. The molecule has 2 aromatic carbocycles. The van der Waals surface area contributed by atoms with Gasteiger partial charge in [-0.25, -0.2) is 4.98 Å². The third kappa shape index (κ3) is 6.19. The molecule has 7 heteroatoms. The summed E-state index contributed by atoms with van der Waals surface area (Å²) < 4.78 is 1.96. The van der Waals surface area contributed by atoms with E-state index < -0.39 is 6.04 Å². The Morgan fingerprint density at radius 3 is 2.55 bits per heavy atom. The Hall–Kier alpha value is -3.12. The van der Waals surface area contributed by atoms with Crippen LogP contribution in [-0.2, 0) is 11.3 Å². The van der Waals surface area contributed by atoms with Crippen LogP contribution in [0.2, 0.25) is 5.02 Å². The van der Waals surface area contributed by atoms with Crippen molar-refractivity contribution in [3.63, 3.8) is 0 Å². The number of halogens is 1. The largest absolute Gasteiger partial charge is 0.356 e. The van der Waals surface area contributed by atoms with Gasteiger partial charge >= 0.3 is 0 Å². The van der Waals surface area contributed by atoms with Gasteiger partial charge in [0.2, 0.25) is 5.91 Å². The molecule has 0 aliphatic rings. The summed E-state index contributed by atoms with van der Waals surface area (Å²) in [5.41, 5.74) is 1.25. The van der Waals surface area contributed by atoms with Crippen LogP contribution in [0.1, 0.15) is 34.8 Å². The number of aromatic nitrogens is 2. The lowest BCUT2D eigenvalue weighted by Gasteiger charge is -2.19. The summed E-state index contributed by atoms with van der Waals surface area (Å²) in [6, 6.07) is 15.8. The molecule has 6 nitrogen and oxygen atoms in total. The topological polar surface area (TPSA) is 76.0 Å². The average Bonchev–Trinajstić information content (AvgIpc) is 3.25. The van der Waals surface area contributed by atoms with Gasteiger partial charge in [0, 0.05) is 25.5 Å². The maximum absolute atomic E-state index is 12.7. The molecule has 0 radical (unpaired) electrons. The van der Waals surface area contributed by atoms with Crippen molar-refractivity contribution in [2.24, 2.45) is 0 Å². The Kier molecular flexibility index (Phi) is 7.41. The molecule has 0 aliphatic heterocycles. The molecule has 1 aromatic heterocycles. The number of imidazole rings is 1. The molecule has 0 fully saturated rings. The third-order valence-electron chi connectivity index (χ3n) is 4.49. The highest BCUT2D eigenvalue weighted by atomic mass is 35.5. The predicted molar refractivity (Wildman–Crippen MR) is 113 cm³/mol. The molecule has 0 saturated heterocycles. The van der Waals surface area contributed by atoms with Crippen LogP contribution in [0, 0.1) is 0 Å². The summed E-state index contributed by atoms with van der Waals surface area (Å²) in [5, 5.41) is 6.23. The zero-order valence-corrected chi connectivity index (χ0v) is 16.7. The lowest BCUT2D eigenvalue weighted by molar-refractivity contribution is -0.121. The smallest absolute Gasteiger partial charge is 0.253 e. The third-order valence-corrected chi connectivity index (χ3v) is 4.82. The summed E-state index contributed by atoms with van der Waals surface area (Å²) in [7, 11) is 0. The van der Waals surface area contributed by atoms with E-state index in [1.165, 1.54) is 0 Å². The molecule has 2 amide bonds. The quantitative estimate of drug-likeness (QED) is 0.529. The minimum absolute atomic E-state index is 0.121. The van der Waals surface area contributed by atoms with E-state index in [1.807, 2.05) is 41.1 Å². The van der Waals surface area contributed by atoms with E-state index in [-0.39, 0.29) is 18.2 Å². The van der Waals surface area contributed by atoms with Gasteiger partial charge in [-0.05, 0) is 24.1 Å². The summed E-state index contributed by atoms with van der Waals surface area (Å²) in [5.74, 6) is -0.429. The summed E-state index contributed by atoms with van der Waals surface area (Å²) in [6.07, 6.45) is 6.30. The zero-order valence-electron chi connectivity index (χ0n) is 15.9. The van der Waals surface area contributed by atoms with Gasteiger partial charge in [-0.2, -0.15) is 0 Å². The van der Waals surface area contributed by atoms with Crippen LogP contribution in [0.4, 0.5) is 0 Å². The molecule has 1 unspecified atom stereocenters. The molecule has 3 aromatic rings. The minimum atomic E-state index is -0.450. The van der Waals surface area contributed by atoms with Gasteiger partial charge in [0.15, 0.2) is 0 Å². The van der Waals surface area contributed by atoms with Crippen molar-refractivity contribution >= 4 is 23.4 Å². The maximum atomic E-state index is 12.7. The van der Waals surface area contributed by atoms with Crippen LogP contribution >= 0.6 is 11.6 Å². The van der Waals surface area contributed by atoms with Crippen LogP contribution in [0.25, 0.3) is 0 Å². The second-order valence-electron chi connectivity index (χ2n) is 6.62. The first-order chi connectivity index (χ1) is 14.1. The zero-order chi connectivity index (χ0) is 20.5. The van der Waals surface area contributed by atoms with Crippen LogP contribution in [-0.4, -0.2) is 27.9 Å². The van der Waals surface area contributed by atoms with Gasteiger partial charge in [0.1, 0.15) is 0 Å². The molecule has 0 aliphatic carbocycles. The van der Waals surface area contributed by atoms with E-state index in [9.17, 15) is 9.59 Å². The number of carbonyl (C=O) groups is 2. The Bertz CT molecular complexity index is 929. The van der Waals surface area contributed by atoms with Crippen molar-refractivity contribution < 1.29 is 9.59 Å². The molecule has 0 bridgehead atoms. The molecule has 29 heavy (non-hydrogen) atoms. The second kappa shape index (κ2) is 10.4. The Labute approximate surface area is 174 Å². The predicted octanol–water partition coefficient (Wildman–Crippen LogP) is 3.60. The number of rotatable bonds is 9. The van der Waals surface area contributed by atoms with Gasteiger partial charge in [0.05, 0.1) is 29.4 Å². The van der Waals surface area contributed by atoms with Crippen LogP contribution in [0.3, 0.4) is 0 Å². The molecule has 1 heterocycles. The van der Waals surface area contributed by atoms with Crippen molar-refractivity contribution in [2.75, 3.05) is 6.54 Å². The molecular formula is C22H23ClN4O2. The Balaban J connectivity index is 1.59. The van der Waals surface area contributed by atoms with Gasteiger partial charge in [-0.1, -0.05) is 54.1 Å². The average molecular weight is 411 g/mol. The van der Waals surface area contributed by atoms with E-state index in [1.54, 1.807) is 36.8 Å². The molecule has 2 N–H and O–H groups in total. The van der Waals surface area contributed by atoms with E-state index >= 15 is 0 Å². The highest BCUT2D eigenvalue weighted by Crippen LogP contribution is 2.20. The number of amides is 2. The first kappa shape index (κ1) is 20.6. The monoisotopic (exact) mass is 410 g/mol. The number of carbonyl (C=O) groups excluding carboxylic acids is 2. The number of hydrogen-bond donors (Lipinski definition) is 2. The van der Waals surface area contributed by atoms with Crippen molar-refractivity contribution in [2.45, 2.75) is 25.4 Å². The number of benzene rings is 2. The van der Waals surface area contributed by atoms with E-state index in [0.29, 0.717) is 17.1 Å². The lowest BCUT2D eigenvalue weighted by Crippen LogP contribution is -2.34. The Morgan fingerprint density at radius 2 is 1.83 bits per heavy atom.